The maximum Gasteiger partial charge on any atom is 0.243 e. The highest BCUT2D eigenvalue weighted by molar-refractivity contribution is 7.89. The zero-order chi connectivity index (χ0) is 23.2. The van der Waals surface area contributed by atoms with E-state index in [0.717, 1.165) is 12.8 Å². The predicted octanol–water partition coefficient (Wildman–Crippen LogP) is 2.96. The zero-order valence-electron chi connectivity index (χ0n) is 18.4. The monoisotopic (exact) mass is 482 g/mol. The van der Waals surface area contributed by atoms with Crippen LogP contribution in [0.25, 0.3) is 0 Å². The highest BCUT2D eigenvalue weighted by atomic mass is 32.2. The normalized spacial score (nSPS) is 16.1. The molecule has 1 fully saturated rings. The quantitative estimate of drug-likeness (QED) is 0.517. The fraction of sp³-hybridized carbons (Fsp3) is 0.455. The lowest BCUT2D eigenvalue weighted by atomic mass is 10.3. The molecule has 0 spiro atoms. The molecule has 1 saturated heterocycles. The van der Waals surface area contributed by atoms with Crippen LogP contribution in [-0.4, -0.2) is 64.8 Å². The summed E-state index contributed by atoms with van der Waals surface area (Å²) in [7, 11) is -7.42. The van der Waals surface area contributed by atoms with Gasteiger partial charge in [-0.25, -0.2) is 16.8 Å². The van der Waals surface area contributed by atoms with E-state index in [9.17, 15) is 16.8 Å². The fourth-order valence-corrected chi connectivity index (χ4v) is 6.15. The van der Waals surface area contributed by atoms with Gasteiger partial charge in [0.25, 0.3) is 0 Å². The molecule has 1 aliphatic rings. The van der Waals surface area contributed by atoms with Crippen molar-refractivity contribution in [2.45, 2.75) is 36.5 Å². The van der Waals surface area contributed by atoms with Crippen LogP contribution in [0.4, 0.5) is 0 Å². The molecule has 0 N–H and O–H groups in total. The summed E-state index contributed by atoms with van der Waals surface area (Å²) < 4.78 is 65.5. The van der Waals surface area contributed by atoms with Crippen molar-refractivity contribution >= 4 is 20.0 Å². The number of ether oxygens (including phenoxy) is 2. The van der Waals surface area contributed by atoms with Crippen LogP contribution in [0.5, 0.6) is 11.5 Å². The van der Waals surface area contributed by atoms with E-state index in [2.05, 4.69) is 0 Å². The minimum absolute atomic E-state index is 0.0906. The third-order valence-electron chi connectivity index (χ3n) is 5.07. The molecule has 0 unspecified atom stereocenters. The molecule has 0 aliphatic carbocycles. The summed E-state index contributed by atoms with van der Waals surface area (Å²) in [5.41, 5.74) is 0. The minimum atomic E-state index is -3.71. The molecule has 3 rings (SSSR count). The highest BCUT2D eigenvalue weighted by Crippen LogP contribution is 2.24. The highest BCUT2D eigenvalue weighted by Gasteiger charge is 2.33. The lowest BCUT2D eigenvalue weighted by Crippen LogP contribution is -2.50. The summed E-state index contributed by atoms with van der Waals surface area (Å²) in [5, 5.41) is 0. The van der Waals surface area contributed by atoms with Crippen molar-refractivity contribution in [2.75, 3.05) is 39.4 Å². The molecule has 0 saturated carbocycles. The maximum atomic E-state index is 13.0. The Hall–Kier alpha value is -2.14. The number of benzene rings is 2. The molecule has 0 bridgehead atoms. The average molecular weight is 483 g/mol. The summed E-state index contributed by atoms with van der Waals surface area (Å²) in [6.07, 6.45) is 1.73. The summed E-state index contributed by atoms with van der Waals surface area (Å²) in [6, 6.07) is 12.6. The van der Waals surface area contributed by atoms with Crippen molar-refractivity contribution in [3.63, 3.8) is 0 Å². The molecule has 32 heavy (non-hydrogen) atoms. The van der Waals surface area contributed by atoms with Crippen molar-refractivity contribution in [1.82, 2.24) is 8.61 Å². The first-order valence-corrected chi connectivity index (χ1v) is 13.6. The molecule has 1 aliphatic heterocycles. The van der Waals surface area contributed by atoms with Crippen molar-refractivity contribution in [3.8, 4) is 11.5 Å². The van der Waals surface area contributed by atoms with Gasteiger partial charge in [-0.1, -0.05) is 13.8 Å². The van der Waals surface area contributed by atoms with Gasteiger partial charge in [-0.05, 0) is 61.4 Å². The van der Waals surface area contributed by atoms with Gasteiger partial charge in [-0.2, -0.15) is 8.61 Å². The Balaban J connectivity index is 1.64. The van der Waals surface area contributed by atoms with Crippen LogP contribution >= 0.6 is 0 Å². The number of sulfonamides is 2. The Labute approximate surface area is 190 Å². The first-order valence-electron chi connectivity index (χ1n) is 10.7. The van der Waals surface area contributed by atoms with Crippen LogP contribution in [0.15, 0.2) is 58.3 Å². The Kier molecular flexibility index (Phi) is 8.16. The number of nitrogens with zero attached hydrogens (tertiary/aromatic N) is 2. The summed E-state index contributed by atoms with van der Waals surface area (Å²) >= 11 is 0. The van der Waals surface area contributed by atoms with Crippen molar-refractivity contribution in [3.05, 3.63) is 48.5 Å². The van der Waals surface area contributed by atoms with Gasteiger partial charge >= 0.3 is 0 Å². The second-order valence-electron chi connectivity index (χ2n) is 7.45. The van der Waals surface area contributed by atoms with Gasteiger partial charge in [0.2, 0.25) is 20.0 Å². The van der Waals surface area contributed by atoms with E-state index >= 15 is 0 Å². The lowest BCUT2D eigenvalue weighted by molar-refractivity contribution is 0.272. The predicted molar refractivity (Wildman–Crippen MR) is 122 cm³/mol. The van der Waals surface area contributed by atoms with E-state index in [1.165, 1.54) is 32.9 Å². The minimum Gasteiger partial charge on any atom is -0.494 e. The molecular formula is C22H30N2O6S2. The lowest BCUT2D eigenvalue weighted by Gasteiger charge is -2.33. The largest absolute Gasteiger partial charge is 0.494 e. The molecule has 176 valence electrons. The molecule has 0 amide bonds. The van der Waals surface area contributed by atoms with Crippen LogP contribution < -0.4 is 9.47 Å². The third-order valence-corrected chi connectivity index (χ3v) is 8.89. The Morgan fingerprint density at radius 1 is 0.625 bits per heavy atom. The SMILES string of the molecule is CCCOc1ccc(S(=O)(=O)N2CCN(S(=O)(=O)c3ccc(OCCC)cc3)CC2)cc1. The van der Waals surface area contributed by atoms with Gasteiger partial charge in [0.1, 0.15) is 11.5 Å². The standard InChI is InChI=1S/C22H30N2O6S2/c1-3-17-29-19-5-9-21(10-6-19)31(25,26)23-13-15-24(16-14-23)32(27,28)22-11-7-20(8-12-22)30-18-4-2/h5-12H,3-4,13-18H2,1-2H3. The van der Waals surface area contributed by atoms with E-state index in [1.807, 2.05) is 13.8 Å². The molecule has 2 aromatic rings. The summed E-state index contributed by atoms with van der Waals surface area (Å²) in [6.45, 7) is 5.49. The molecule has 0 radical (unpaired) electrons. The number of piperazine rings is 1. The van der Waals surface area contributed by atoms with Crippen molar-refractivity contribution in [2.24, 2.45) is 0 Å². The Bertz CT molecular complexity index is 987. The third kappa shape index (κ3) is 5.61. The molecule has 10 heteroatoms. The van der Waals surface area contributed by atoms with Crippen LogP contribution in [0, 0.1) is 0 Å². The van der Waals surface area contributed by atoms with E-state index in [-0.39, 0.29) is 36.0 Å². The van der Waals surface area contributed by atoms with Crippen molar-refractivity contribution < 1.29 is 26.3 Å². The first-order chi connectivity index (χ1) is 15.3. The maximum absolute atomic E-state index is 13.0. The van der Waals surface area contributed by atoms with Gasteiger partial charge in [-0.3, -0.25) is 0 Å². The van der Waals surface area contributed by atoms with Gasteiger partial charge in [0.15, 0.2) is 0 Å². The number of rotatable bonds is 10. The Morgan fingerprint density at radius 3 is 1.22 bits per heavy atom. The van der Waals surface area contributed by atoms with Crippen LogP contribution in [0.2, 0.25) is 0 Å². The Morgan fingerprint density at radius 2 is 0.938 bits per heavy atom. The van der Waals surface area contributed by atoms with Gasteiger partial charge in [-0.15, -0.1) is 0 Å². The van der Waals surface area contributed by atoms with E-state index in [1.54, 1.807) is 24.3 Å². The van der Waals surface area contributed by atoms with Crippen LogP contribution in [-0.2, 0) is 20.0 Å². The number of hydrogen-bond donors (Lipinski definition) is 0. The number of hydrogen-bond acceptors (Lipinski definition) is 6. The second-order valence-corrected chi connectivity index (χ2v) is 11.3. The van der Waals surface area contributed by atoms with Crippen LogP contribution in [0.1, 0.15) is 26.7 Å². The van der Waals surface area contributed by atoms with Gasteiger partial charge < -0.3 is 9.47 Å². The fourth-order valence-electron chi connectivity index (χ4n) is 3.30. The molecule has 8 nitrogen and oxygen atoms in total. The summed E-state index contributed by atoms with van der Waals surface area (Å²) in [4.78, 5) is 0.334. The van der Waals surface area contributed by atoms with Crippen molar-refractivity contribution in [1.29, 1.82) is 0 Å². The molecule has 1 heterocycles. The molecule has 0 atom stereocenters. The molecule has 0 aromatic heterocycles. The zero-order valence-corrected chi connectivity index (χ0v) is 20.1. The smallest absolute Gasteiger partial charge is 0.243 e. The first kappa shape index (κ1) is 24.5. The topological polar surface area (TPSA) is 93.2 Å². The van der Waals surface area contributed by atoms with E-state index < -0.39 is 20.0 Å². The van der Waals surface area contributed by atoms with Gasteiger partial charge in [0, 0.05) is 26.2 Å². The second kappa shape index (κ2) is 10.7. The van der Waals surface area contributed by atoms with Crippen LogP contribution in [0.3, 0.4) is 0 Å². The van der Waals surface area contributed by atoms with E-state index in [0.29, 0.717) is 24.7 Å². The summed E-state index contributed by atoms with van der Waals surface area (Å²) in [5.74, 6) is 1.24. The molecule has 2 aromatic carbocycles. The van der Waals surface area contributed by atoms with Gasteiger partial charge in [0.05, 0.1) is 23.0 Å². The van der Waals surface area contributed by atoms with E-state index in [4.69, 9.17) is 9.47 Å². The average Bonchev–Trinajstić information content (AvgIpc) is 2.82. The molecular weight excluding hydrogens is 452 g/mol.